The molecular weight excluding hydrogens is 315 g/mol. The van der Waals surface area contributed by atoms with Gasteiger partial charge in [-0.05, 0) is 35.9 Å². The van der Waals surface area contributed by atoms with E-state index in [-0.39, 0.29) is 22.2 Å². The summed E-state index contributed by atoms with van der Waals surface area (Å²) in [6.07, 6.45) is 0. The molecule has 0 saturated carbocycles. The highest BCUT2D eigenvalue weighted by Gasteiger charge is 2.24. The molecule has 0 spiro atoms. The molecule has 7 heteroatoms. The van der Waals surface area contributed by atoms with Crippen LogP contribution in [-0.4, -0.2) is 15.5 Å². The minimum atomic E-state index is -3.87. The van der Waals surface area contributed by atoms with Gasteiger partial charge in [-0.2, -0.15) is 0 Å². The van der Waals surface area contributed by atoms with Crippen molar-refractivity contribution >= 4 is 27.3 Å². The highest BCUT2D eigenvalue weighted by molar-refractivity contribution is 7.93. The molecule has 0 heterocycles. The molecule has 0 radical (unpaired) electrons. The van der Waals surface area contributed by atoms with Gasteiger partial charge in [-0.25, -0.2) is 12.8 Å². The number of nitrogens with two attached hydrogens (primary N) is 1. The van der Waals surface area contributed by atoms with Gasteiger partial charge in [0.25, 0.3) is 10.0 Å². The predicted molar refractivity (Wildman–Crippen MR) is 81.3 cm³/mol. The van der Waals surface area contributed by atoms with Gasteiger partial charge in [-0.3, -0.25) is 4.31 Å². The molecule has 2 N–H and O–H groups in total. The second kappa shape index (κ2) is 6.01. The van der Waals surface area contributed by atoms with Crippen molar-refractivity contribution in [3.63, 3.8) is 0 Å². The van der Waals surface area contributed by atoms with E-state index < -0.39 is 15.8 Å². The lowest BCUT2D eigenvalue weighted by atomic mass is 10.2. The van der Waals surface area contributed by atoms with Crippen molar-refractivity contribution in [2.45, 2.75) is 11.4 Å². The van der Waals surface area contributed by atoms with E-state index in [4.69, 9.17) is 17.3 Å². The summed E-state index contributed by atoms with van der Waals surface area (Å²) in [5.41, 5.74) is 6.43. The molecule has 0 bridgehead atoms. The monoisotopic (exact) mass is 328 g/mol. The number of hydrogen-bond acceptors (Lipinski definition) is 3. The SMILES string of the molecule is CN(c1cccc(F)c1)S(=O)(=O)c1ccc(CN)cc1Cl. The molecule has 0 saturated heterocycles. The number of hydrogen-bond donors (Lipinski definition) is 1. The normalized spacial score (nSPS) is 11.4. The molecule has 0 aromatic heterocycles. The molecule has 0 aliphatic rings. The van der Waals surface area contributed by atoms with Crippen molar-refractivity contribution in [2.24, 2.45) is 5.73 Å². The molecule has 112 valence electrons. The Kier molecular flexibility index (Phi) is 4.51. The number of nitrogens with zero attached hydrogens (tertiary/aromatic N) is 1. The van der Waals surface area contributed by atoms with E-state index in [1.54, 1.807) is 6.07 Å². The van der Waals surface area contributed by atoms with Crippen LogP contribution in [0.4, 0.5) is 10.1 Å². The Hall–Kier alpha value is -1.63. The Bertz CT molecular complexity index is 765. The van der Waals surface area contributed by atoms with Crippen LogP contribution in [0.3, 0.4) is 0 Å². The predicted octanol–water partition coefficient (Wildman–Crippen LogP) is 2.76. The molecule has 2 rings (SSSR count). The fraction of sp³-hybridized carbons (Fsp3) is 0.143. The Morgan fingerprint density at radius 3 is 2.52 bits per heavy atom. The van der Waals surface area contributed by atoms with Crippen LogP contribution in [0.1, 0.15) is 5.56 Å². The summed E-state index contributed by atoms with van der Waals surface area (Å²) in [5.74, 6) is -0.515. The van der Waals surface area contributed by atoms with Crippen molar-refractivity contribution in [1.29, 1.82) is 0 Å². The summed E-state index contributed by atoms with van der Waals surface area (Å²) in [6, 6.07) is 9.83. The molecule has 0 atom stereocenters. The van der Waals surface area contributed by atoms with Gasteiger partial charge in [0.15, 0.2) is 0 Å². The Morgan fingerprint density at radius 2 is 1.95 bits per heavy atom. The quantitative estimate of drug-likeness (QED) is 0.938. The fourth-order valence-electron chi connectivity index (χ4n) is 1.84. The zero-order valence-corrected chi connectivity index (χ0v) is 12.8. The van der Waals surface area contributed by atoms with Crippen LogP contribution in [0.2, 0.25) is 5.02 Å². The van der Waals surface area contributed by atoms with Crippen LogP contribution in [0.25, 0.3) is 0 Å². The van der Waals surface area contributed by atoms with E-state index in [9.17, 15) is 12.8 Å². The third kappa shape index (κ3) is 3.18. The molecule has 0 aliphatic heterocycles. The number of halogens is 2. The smallest absolute Gasteiger partial charge is 0.265 e. The maximum absolute atomic E-state index is 13.2. The summed E-state index contributed by atoms with van der Waals surface area (Å²) < 4.78 is 39.3. The Labute approximate surface area is 128 Å². The second-order valence-corrected chi connectivity index (χ2v) is 6.77. The summed E-state index contributed by atoms with van der Waals surface area (Å²) in [5, 5.41) is 0.0844. The van der Waals surface area contributed by atoms with Crippen LogP contribution < -0.4 is 10.0 Å². The van der Waals surface area contributed by atoms with E-state index in [0.29, 0.717) is 0 Å². The number of sulfonamides is 1. The molecule has 0 unspecified atom stereocenters. The molecule has 0 amide bonds. The van der Waals surface area contributed by atoms with E-state index in [1.807, 2.05) is 0 Å². The highest BCUT2D eigenvalue weighted by atomic mass is 35.5. The lowest BCUT2D eigenvalue weighted by Crippen LogP contribution is -2.27. The highest BCUT2D eigenvalue weighted by Crippen LogP contribution is 2.28. The third-order valence-electron chi connectivity index (χ3n) is 3.04. The van der Waals surface area contributed by atoms with Crippen LogP contribution in [0.5, 0.6) is 0 Å². The van der Waals surface area contributed by atoms with Crippen molar-refractivity contribution in [2.75, 3.05) is 11.4 Å². The van der Waals surface area contributed by atoms with Gasteiger partial charge in [0.1, 0.15) is 10.7 Å². The van der Waals surface area contributed by atoms with Crippen molar-refractivity contribution in [3.8, 4) is 0 Å². The molecule has 2 aromatic carbocycles. The average molecular weight is 329 g/mol. The molecule has 4 nitrogen and oxygen atoms in total. The van der Waals surface area contributed by atoms with Crippen molar-refractivity contribution in [1.82, 2.24) is 0 Å². The fourth-order valence-corrected chi connectivity index (χ4v) is 3.57. The lowest BCUT2D eigenvalue weighted by Gasteiger charge is -2.20. The molecule has 0 aliphatic carbocycles. The summed E-state index contributed by atoms with van der Waals surface area (Å²) in [7, 11) is -2.53. The second-order valence-electron chi connectivity index (χ2n) is 4.42. The van der Waals surface area contributed by atoms with Gasteiger partial charge in [0.2, 0.25) is 0 Å². The van der Waals surface area contributed by atoms with E-state index in [0.717, 1.165) is 15.9 Å². The zero-order valence-electron chi connectivity index (χ0n) is 11.3. The first-order chi connectivity index (χ1) is 9.86. The van der Waals surface area contributed by atoms with Crippen LogP contribution in [0, 0.1) is 5.82 Å². The Balaban J connectivity index is 2.47. The van der Waals surface area contributed by atoms with E-state index in [1.165, 1.54) is 37.4 Å². The van der Waals surface area contributed by atoms with Crippen LogP contribution in [-0.2, 0) is 16.6 Å². The average Bonchev–Trinajstić information content (AvgIpc) is 2.45. The summed E-state index contributed by atoms with van der Waals surface area (Å²) in [6.45, 7) is 0.264. The largest absolute Gasteiger partial charge is 0.326 e. The summed E-state index contributed by atoms with van der Waals surface area (Å²) in [4.78, 5) is -0.0480. The lowest BCUT2D eigenvalue weighted by molar-refractivity contribution is 0.594. The van der Waals surface area contributed by atoms with E-state index >= 15 is 0 Å². The minimum absolute atomic E-state index is 0.0480. The third-order valence-corrected chi connectivity index (χ3v) is 5.31. The first kappa shape index (κ1) is 15.8. The van der Waals surface area contributed by atoms with E-state index in [2.05, 4.69) is 0 Å². The van der Waals surface area contributed by atoms with Crippen LogP contribution >= 0.6 is 11.6 Å². The van der Waals surface area contributed by atoms with Gasteiger partial charge in [-0.1, -0.05) is 23.7 Å². The topological polar surface area (TPSA) is 63.4 Å². The number of anilines is 1. The van der Waals surface area contributed by atoms with Crippen molar-refractivity contribution in [3.05, 3.63) is 58.9 Å². The Morgan fingerprint density at radius 1 is 1.24 bits per heavy atom. The maximum Gasteiger partial charge on any atom is 0.265 e. The first-order valence-electron chi connectivity index (χ1n) is 6.09. The molecular formula is C14H14ClFN2O2S. The van der Waals surface area contributed by atoms with Crippen molar-refractivity contribution < 1.29 is 12.8 Å². The minimum Gasteiger partial charge on any atom is -0.326 e. The molecule has 21 heavy (non-hydrogen) atoms. The van der Waals surface area contributed by atoms with Crippen LogP contribution in [0.15, 0.2) is 47.4 Å². The standard InChI is InChI=1S/C14H14ClFN2O2S/c1-18(12-4-2-3-11(16)8-12)21(19,20)14-6-5-10(9-17)7-13(14)15/h2-8H,9,17H2,1H3. The van der Waals surface area contributed by atoms with Gasteiger partial charge in [-0.15, -0.1) is 0 Å². The summed E-state index contributed by atoms with van der Waals surface area (Å²) >= 11 is 6.02. The maximum atomic E-state index is 13.2. The number of benzene rings is 2. The molecule has 2 aromatic rings. The van der Waals surface area contributed by atoms with Gasteiger partial charge in [0, 0.05) is 13.6 Å². The van der Waals surface area contributed by atoms with Gasteiger partial charge < -0.3 is 5.73 Å². The number of rotatable bonds is 4. The first-order valence-corrected chi connectivity index (χ1v) is 7.91. The van der Waals surface area contributed by atoms with Gasteiger partial charge in [0.05, 0.1) is 10.7 Å². The zero-order chi connectivity index (χ0) is 15.6. The van der Waals surface area contributed by atoms with Gasteiger partial charge >= 0.3 is 0 Å². The molecule has 0 fully saturated rings.